The van der Waals surface area contributed by atoms with Crippen molar-refractivity contribution in [3.63, 3.8) is 0 Å². The van der Waals surface area contributed by atoms with Crippen molar-refractivity contribution in [2.75, 3.05) is 18.4 Å². The molecule has 0 saturated carbocycles. The lowest BCUT2D eigenvalue weighted by atomic mass is 10.1. The van der Waals surface area contributed by atoms with Crippen LogP contribution in [0.15, 0.2) is 24.3 Å². The fourth-order valence-electron chi connectivity index (χ4n) is 2.99. The molecule has 0 aliphatic heterocycles. The number of aromatic nitrogens is 4. The molecule has 164 valence electrons. The van der Waals surface area contributed by atoms with E-state index in [1.165, 1.54) is 13.0 Å². The Balaban J connectivity index is 1.63. The summed E-state index contributed by atoms with van der Waals surface area (Å²) in [5.74, 6) is -1.88. The number of para-hydroxylation sites is 2. The molecule has 0 aliphatic carbocycles. The number of fused-ring (bicyclic) bond motifs is 1. The van der Waals surface area contributed by atoms with Gasteiger partial charge in [-0.2, -0.15) is 18.2 Å². The highest BCUT2D eigenvalue weighted by Gasteiger charge is 2.37. The van der Waals surface area contributed by atoms with E-state index in [0.717, 1.165) is 4.52 Å². The van der Waals surface area contributed by atoms with Crippen LogP contribution in [0.2, 0.25) is 0 Å². The number of alkyl halides is 3. The third kappa shape index (κ3) is 4.87. The van der Waals surface area contributed by atoms with Gasteiger partial charge in [0.15, 0.2) is 0 Å². The van der Waals surface area contributed by atoms with Gasteiger partial charge in [-0.3, -0.25) is 14.9 Å². The summed E-state index contributed by atoms with van der Waals surface area (Å²) in [4.78, 5) is 30.2. The molecule has 0 aliphatic rings. The van der Waals surface area contributed by atoms with Crippen molar-refractivity contribution in [3.8, 4) is 0 Å². The minimum atomic E-state index is -4.70. The van der Waals surface area contributed by atoms with Gasteiger partial charge in [0.1, 0.15) is 5.69 Å². The van der Waals surface area contributed by atoms with Crippen molar-refractivity contribution < 1.29 is 22.9 Å². The number of aryl methyl sites for hydroxylation is 2. The maximum atomic E-state index is 12.9. The first-order valence-electron chi connectivity index (χ1n) is 9.12. The predicted molar refractivity (Wildman–Crippen MR) is 104 cm³/mol. The van der Waals surface area contributed by atoms with Crippen molar-refractivity contribution in [1.29, 1.82) is 0 Å². The molecule has 0 saturated heterocycles. The normalized spacial score (nSPS) is 11.5. The van der Waals surface area contributed by atoms with Gasteiger partial charge in [0.2, 0.25) is 5.91 Å². The van der Waals surface area contributed by atoms with Crippen LogP contribution in [0, 0.1) is 24.0 Å². The number of carbonyl (C=O) groups excluding carboxylic acids is 1. The number of nitro benzene ring substituents is 1. The minimum absolute atomic E-state index is 0.0782. The van der Waals surface area contributed by atoms with E-state index in [4.69, 9.17) is 0 Å². The molecule has 3 aromatic rings. The molecule has 3 rings (SSSR count). The summed E-state index contributed by atoms with van der Waals surface area (Å²) in [6, 6.07) is 6.12. The molecule has 0 spiro atoms. The summed E-state index contributed by atoms with van der Waals surface area (Å²) in [5.41, 5.74) is 1.40. The Labute approximate surface area is 173 Å². The second-order valence-electron chi connectivity index (χ2n) is 6.63. The number of carbonyl (C=O) groups is 1. The Hall–Kier alpha value is -3.77. The molecule has 0 fully saturated rings. The van der Waals surface area contributed by atoms with Gasteiger partial charge in [0.25, 0.3) is 17.3 Å². The molecule has 0 atom stereocenters. The predicted octanol–water partition coefficient (Wildman–Crippen LogP) is 2.44. The Bertz CT molecular complexity index is 1140. The highest BCUT2D eigenvalue weighted by atomic mass is 19.4. The molecular formula is C18H18F3N7O3. The molecular weight excluding hydrogens is 419 g/mol. The van der Waals surface area contributed by atoms with E-state index < -0.39 is 16.9 Å². The average Bonchev–Trinajstić information content (AvgIpc) is 3.13. The molecule has 2 heterocycles. The van der Waals surface area contributed by atoms with Gasteiger partial charge in [-0.1, -0.05) is 12.1 Å². The third-order valence-electron chi connectivity index (χ3n) is 4.50. The number of nitro groups is 1. The van der Waals surface area contributed by atoms with Gasteiger partial charge < -0.3 is 10.6 Å². The molecule has 10 nitrogen and oxygen atoms in total. The second-order valence-corrected chi connectivity index (χ2v) is 6.63. The van der Waals surface area contributed by atoms with Gasteiger partial charge >= 0.3 is 6.18 Å². The zero-order valence-electron chi connectivity index (χ0n) is 16.5. The Morgan fingerprint density at radius 1 is 1.19 bits per heavy atom. The van der Waals surface area contributed by atoms with Crippen LogP contribution in [0.1, 0.15) is 22.8 Å². The number of hydrogen-bond acceptors (Lipinski definition) is 7. The van der Waals surface area contributed by atoms with Crippen LogP contribution in [0.25, 0.3) is 5.78 Å². The highest BCUT2D eigenvalue weighted by Crippen LogP contribution is 2.27. The first kappa shape index (κ1) is 21.9. The Morgan fingerprint density at radius 3 is 2.58 bits per heavy atom. The number of rotatable bonds is 7. The summed E-state index contributed by atoms with van der Waals surface area (Å²) in [6.45, 7) is 3.53. The SMILES string of the molecule is Cc1nc2nc(C(F)(F)F)nn2c(C)c1CC(=O)NCCNc1ccccc1[N+](=O)[O-]. The average molecular weight is 437 g/mol. The van der Waals surface area contributed by atoms with Crippen LogP contribution in [0.3, 0.4) is 0 Å². The van der Waals surface area contributed by atoms with Gasteiger partial charge in [-0.05, 0) is 19.9 Å². The first-order valence-corrected chi connectivity index (χ1v) is 9.12. The molecule has 0 radical (unpaired) electrons. The van der Waals surface area contributed by atoms with E-state index in [9.17, 15) is 28.1 Å². The second kappa shape index (κ2) is 8.53. The van der Waals surface area contributed by atoms with Crippen molar-refractivity contribution >= 4 is 23.1 Å². The number of nitrogens with zero attached hydrogens (tertiary/aromatic N) is 5. The third-order valence-corrected chi connectivity index (χ3v) is 4.50. The molecule has 31 heavy (non-hydrogen) atoms. The monoisotopic (exact) mass is 437 g/mol. The topological polar surface area (TPSA) is 127 Å². The number of nitrogens with one attached hydrogen (secondary N) is 2. The quantitative estimate of drug-likeness (QED) is 0.330. The van der Waals surface area contributed by atoms with Crippen LogP contribution < -0.4 is 10.6 Å². The smallest absolute Gasteiger partial charge is 0.378 e. The van der Waals surface area contributed by atoms with Gasteiger partial charge in [0.05, 0.1) is 11.3 Å². The standard InChI is InChI=1S/C18H18F3N7O3/c1-10-12(11(2)27-17(24-10)25-16(26-27)18(19,20)21)9-15(29)23-8-7-22-13-5-3-4-6-14(13)28(30)31/h3-6,22H,7-9H2,1-2H3,(H,23,29). The number of benzene rings is 1. The van der Waals surface area contributed by atoms with E-state index in [-0.39, 0.29) is 36.9 Å². The fourth-order valence-corrected chi connectivity index (χ4v) is 2.99. The van der Waals surface area contributed by atoms with E-state index >= 15 is 0 Å². The molecule has 0 unspecified atom stereocenters. The molecule has 13 heteroatoms. The lowest BCUT2D eigenvalue weighted by Gasteiger charge is -2.11. The van der Waals surface area contributed by atoms with E-state index in [1.54, 1.807) is 25.1 Å². The number of hydrogen-bond donors (Lipinski definition) is 2. The van der Waals surface area contributed by atoms with Crippen molar-refractivity contribution in [2.24, 2.45) is 0 Å². The fraction of sp³-hybridized carbons (Fsp3) is 0.333. The maximum Gasteiger partial charge on any atom is 0.453 e. The van der Waals surface area contributed by atoms with E-state index in [1.807, 2.05) is 0 Å². The van der Waals surface area contributed by atoms with Crippen LogP contribution >= 0.6 is 0 Å². The summed E-state index contributed by atoms with van der Waals surface area (Å²) < 4.78 is 39.5. The van der Waals surface area contributed by atoms with Crippen LogP contribution in [-0.2, 0) is 17.4 Å². The summed E-state index contributed by atoms with van der Waals surface area (Å²) >= 11 is 0. The van der Waals surface area contributed by atoms with Gasteiger partial charge in [-0.25, -0.2) is 9.50 Å². The summed E-state index contributed by atoms with van der Waals surface area (Å²) in [6.07, 6.45) is -4.82. The Kier molecular flexibility index (Phi) is 6.04. The molecule has 1 aromatic carbocycles. The van der Waals surface area contributed by atoms with Crippen molar-refractivity contribution in [3.05, 3.63) is 57.2 Å². The summed E-state index contributed by atoms with van der Waals surface area (Å²) in [5, 5.41) is 20.0. The zero-order valence-corrected chi connectivity index (χ0v) is 16.5. The van der Waals surface area contributed by atoms with Gasteiger partial charge in [0, 0.05) is 36.1 Å². The maximum absolute atomic E-state index is 12.9. The Morgan fingerprint density at radius 2 is 1.90 bits per heavy atom. The lowest BCUT2D eigenvalue weighted by molar-refractivity contribution is -0.384. The van der Waals surface area contributed by atoms with Crippen LogP contribution in [0.5, 0.6) is 0 Å². The van der Waals surface area contributed by atoms with E-state index in [2.05, 4.69) is 25.7 Å². The summed E-state index contributed by atoms with van der Waals surface area (Å²) in [7, 11) is 0. The number of halogens is 3. The van der Waals surface area contributed by atoms with Gasteiger partial charge in [-0.15, -0.1) is 5.10 Å². The van der Waals surface area contributed by atoms with Crippen LogP contribution in [-0.4, -0.2) is 43.5 Å². The molecule has 0 bridgehead atoms. The number of amides is 1. The largest absolute Gasteiger partial charge is 0.453 e. The molecule has 2 N–H and O–H groups in total. The number of anilines is 1. The first-order chi connectivity index (χ1) is 14.6. The zero-order chi connectivity index (χ0) is 22.8. The van der Waals surface area contributed by atoms with Crippen molar-refractivity contribution in [1.82, 2.24) is 24.9 Å². The van der Waals surface area contributed by atoms with Crippen molar-refractivity contribution in [2.45, 2.75) is 26.4 Å². The van der Waals surface area contributed by atoms with E-state index in [0.29, 0.717) is 22.6 Å². The highest BCUT2D eigenvalue weighted by molar-refractivity contribution is 5.79. The minimum Gasteiger partial charge on any atom is -0.378 e. The van der Waals surface area contributed by atoms with Crippen LogP contribution in [0.4, 0.5) is 24.5 Å². The molecule has 2 aromatic heterocycles. The molecule has 1 amide bonds. The lowest BCUT2D eigenvalue weighted by Crippen LogP contribution is -2.30.